The molecule has 5 aromatic rings. The lowest BCUT2D eigenvalue weighted by Gasteiger charge is -2.04. The van der Waals surface area contributed by atoms with Gasteiger partial charge < -0.3 is 0 Å². The number of rotatable bonds is 4. The summed E-state index contributed by atoms with van der Waals surface area (Å²) in [6.45, 7) is 32.7. The molecule has 0 saturated carbocycles. The topological polar surface area (TPSA) is 85.7 Å². The molecular weight excluding hydrogens is 695 g/mol. The highest BCUT2D eigenvalue weighted by atomic mass is 32.2. The van der Waals surface area contributed by atoms with Crippen molar-refractivity contribution in [3.63, 3.8) is 0 Å². The van der Waals surface area contributed by atoms with Crippen molar-refractivity contribution in [3.8, 4) is 0 Å². The minimum atomic E-state index is -0.553. The fraction of sp³-hybridized carbons (Fsp3) is 0.429. The molecule has 0 saturated heterocycles. The average molecular weight is 757 g/mol. The van der Waals surface area contributed by atoms with Crippen LogP contribution in [0.1, 0.15) is 130 Å². The third-order valence-electron chi connectivity index (χ3n) is 5.97. The van der Waals surface area contributed by atoms with Crippen molar-refractivity contribution in [2.75, 3.05) is 5.75 Å². The largest absolute Gasteiger partial charge is 0.293 e. The number of thiophene rings is 1. The Morgan fingerprint density at radius 3 is 1.54 bits per heavy atom. The zero-order valence-corrected chi connectivity index (χ0v) is 36.2. The first-order valence-electron chi connectivity index (χ1n) is 17.9. The van der Waals surface area contributed by atoms with Crippen LogP contribution in [-0.4, -0.2) is 37.3 Å². The van der Waals surface area contributed by atoms with Gasteiger partial charge in [-0.2, -0.15) is 0 Å². The Morgan fingerprint density at radius 2 is 1.10 bits per heavy atom. The zero-order chi connectivity index (χ0) is 41.0. The molecule has 0 spiro atoms. The Morgan fingerprint density at radius 1 is 0.635 bits per heavy atom. The van der Waals surface area contributed by atoms with Gasteiger partial charge in [0.05, 0.1) is 16.4 Å². The Labute approximate surface area is 321 Å². The molecule has 0 aliphatic rings. The van der Waals surface area contributed by atoms with Crippen molar-refractivity contribution in [3.05, 3.63) is 111 Å². The molecule has 0 unspecified atom stereocenters. The number of carbonyl (C=O) groups is 2. The minimum absolute atomic E-state index is 0.0413. The van der Waals surface area contributed by atoms with E-state index in [-0.39, 0.29) is 23.1 Å². The third-order valence-corrected chi connectivity index (χ3v) is 8.06. The van der Waals surface area contributed by atoms with Gasteiger partial charge in [0, 0.05) is 46.4 Å². The zero-order valence-electron chi connectivity index (χ0n) is 34.6. The molecule has 0 fully saturated rings. The van der Waals surface area contributed by atoms with Gasteiger partial charge in [0.2, 0.25) is 0 Å². The van der Waals surface area contributed by atoms with Crippen molar-refractivity contribution < 1.29 is 18.4 Å². The van der Waals surface area contributed by atoms with Gasteiger partial charge in [0.15, 0.2) is 17.4 Å². The summed E-state index contributed by atoms with van der Waals surface area (Å²) in [5.74, 6) is -0.171. The van der Waals surface area contributed by atoms with Crippen molar-refractivity contribution in [2.24, 2.45) is 0 Å². The summed E-state index contributed by atoms with van der Waals surface area (Å²) < 4.78 is 26.1. The van der Waals surface area contributed by atoms with E-state index in [9.17, 15) is 18.4 Å². The van der Waals surface area contributed by atoms with Crippen molar-refractivity contribution >= 4 is 44.9 Å². The Bertz CT molecular complexity index is 1700. The number of aromatic nitrogens is 4. The van der Waals surface area contributed by atoms with Crippen molar-refractivity contribution in [1.29, 1.82) is 0 Å². The number of hydrogen-bond donors (Lipinski definition) is 0. The van der Waals surface area contributed by atoms with Gasteiger partial charge in [0.1, 0.15) is 17.2 Å². The summed E-state index contributed by atoms with van der Waals surface area (Å²) in [7, 11) is 0. The molecule has 0 aromatic carbocycles. The highest BCUT2D eigenvalue weighted by molar-refractivity contribution is 7.99. The van der Waals surface area contributed by atoms with Crippen LogP contribution in [-0.2, 0) is 0 Å². The van der Waals surface area contributed by atoms with Gasteiger partial charge in [-0.25, -0.2) is 18.7 Å². The fourth-order valence-corrected chi connectivity index (χ4v) is 5.42. The first kappa shape index (κ1) is 52.5. The van der Waals surface area contributed by atoms with Gasteiger partial charge in [-0.05, 0) is 101 Å². The summed E-state index contributed by atoms with van der Waals surface area (Å²) >= 11 is 3.48. The van der Waals surface area contributed by atoms with Crippen LogP contribution in [0.3, 0.4) is 0 Å². The molecule has 52 heavy (non-hydrogen) atoms. The highest BCUT2D eigenvalue weighted by Crippen LogP contribution is 2.28. The van der Waals surface area contributed by atoms with Gasteiger partial charge in [0.25, 0.3) is 0 Å². The molecule has 5 aromatic heterocycles. The van der Waals surface area contributed by atoms with E-state index in [4.69, 9.17) is 0 Å². The highest BCUT2D eigenvalue weighted by Gasteiger charge is 2.09. The number of halogens is 2. The number of carbonyl (C=O) groups excluding carboxylic acids is 2. The Kier molecular flexibility index (Phi) is 31.0. The number of thioether (sulfide) groups is 1. The molecule has 0 aliphatic carbocycles. The quantitative estimate of drug-likeness (QED) is 0.133. The van der Waals surface area contributed by atoms with Gasteiger partial charge in [-0.3, -0.25) is 19.6 Å². The molecular formula is C42H62F2N4O2S2. The van der Waals surface area contributed by atoms with E-state index in [0.29, 0.717) is 11.4 Å². The van der Waals surface area contributed by atoms with Crippen molar-refractivity contribution in [1.82, 2.24) is 19.9 Å². The average Bonchev–Trinajstić information content (AvgIpc) is 3.43. The van der Waals surface area contributed by atoms with E-state index < -0.39 is 5.82 Å². The molecule has 5 rings (SSSR count). The number of hydrogen-bond acceptors (Lipinski definition) is 8. The SMILES string of the molecule is CC.CC.CC.CC.CC(=O)c1nc(C)ccc1F.CCSc1ccc(C)nc1C(C)=O.Cc1ccc(F)cn1.Cc1ccc2sc(C)c(C)c2n1. The van der Waals surface area contributed by atoms with E-state index >= 15 is 0 Å². The number of fused-ring (bicyclic) bond motifs is 1. The van der Waals surface area contributed by atoms with Crippen LogP contribution in [0.25, 0.3) is 10.2 Å². The van der Waals surface area contributed by atoms with Crippen LogP contribution in [0.4, 0.5) is 8.78 Å². The van der Waals surface area contributed by atoms with E-state index in [0.717, 1.165) is 27.7 Å². The molecule has 0 atom stereocenters. The van der Waals surface area contributed by atoms with E-state index in [2.05, 4.69) is 52.8 Å². The lowest BCUT2D eigenvalue weighted by molar-refractivity contribution is 0.0996. The number of aryl methyl sites for hydroxylation is 6. The lowest BCUT2D eigenvalue weighted by atomic mass is 10.2. The lowest BCUT2D eigenvalue weighted by Crippen LogP contribution is -2.01. The maximum Gasteiger partial charge on any atom is 0.181 e. The third kappa shape index (κ3) is 20.2. The molecule has 0 aliphatic heterocycles. The Hall–Kier alpha value is -3.89. The predicted molar refractivity (Wildman–Crippen MR) is 222 cm³/mol. The number of Topliss-reactive ketones (excluding diaryl/α,β-unsaturated/α-hetero) is 2. The summed E-state index contributed by atoms with van der Waals surface area (Å²) in [4.78, 5) is 40.5. The maximum absolute atomic E-state index is 12.7. The van der Waals surface area contributed by atoms with Crippen LogP contribution in [0.5, 0.6) is 0 Å². The molecule has 10 heteroatoms. The second-order valence-electron chi connectivity index (χ2n) is 9.83. The molecule has 6 nitrogen and oxygen atoms in total. The van der Waals surface area contributed by atoms with Crippen LogP contribution in [0.15, 0.2) is 59.6 Å². The van der Waals surface area contributed by atoms with Crippen LogP contribution in [0.2, 0.25) is 0 Å². The second-order valence-corrected chi connectivity index (χ2v) is 12.4. The van der Waals surface area contributed by atoms with Crippen LogP contribution in [0, 0.1) is 53.2 Å². The van der Waals surface area contributed by atoms with E-state index in [1.165, 1.54) is 52.0 Å². The summed E-state index contributed by atoms with van der Waals surface area (Å²) in [6, 6.07) is 13.9. The van der Waals surface area contributed by atoms with E-state index in [1.54, 1.807) is 31.7 Å². The normalized spacial score (nSPS) is 8.98. The van der Waals surface area contributed by atoms with Gasteiger partial charge in [-0.1, -0.05) is 62.3 Å². The number of pyridine rings is 4. The fourth-order valence-electron chi connectivity index (χ4n) is 3.61. The molecule has 288 valence electrons. The summed E-state index contributed by atoms with van der Waals surface area (Å²) in [5.41, 5.74) is 6.52. The smallest absolute Gasteiger partial charge is 0.181 e. The predicted octanol–water partition coefficient (Wildman–Crippen LogP) is 13.3. The molecule has 0 N–H and O–H groups in total. The molecule has 5 heterocycles. The maximum atomic E-state index is 12.7. The van der Waals surface area contributed by atoms with E-state index in [1.807, 2.05) is 99.6 Å². The standard InChI is InChI=1S/C10H13NOS.C10H11NS.C8H8FNO.C6H6FN.4C2H6/c1-4-13-9-6-5-7(2)11-10(9)8(3)12;1-6-4-5-9-10(11-6)7(2)8(3)12-9;1-5-3-4-7(9)8(10-5)6(2)11;1-5-2-3-6(7)4-8-5;4*1-2/h5-6H,4H2,1-3H3;4-5H,1-3H3;3-4H,1-2H3;2-4H,1H3;4*1-2H3. The van der Waals surface area contributed by atoms with Gasteiger partial charge in [-0.15, -0.1) is 23.1 Å². The Balaban J connectivity index is -0.000000582. The number of ketones is 2. The monoisotopic (exact) mass is 756 g/mol. The number of nitrogens with zero attached hydrogens (tertiary/aromatic N) is 4. The molecule has 0 amide bonds. The van der Waals surface area contributed by atoms with Crippen molar-refractivity contribution in [2.45, 2.75) is 123 Å². The first-order valence-corrected chi connectivity index (χ1v) is 19.7. The molecule has 0 radical (unpaired) electrons. The van der Waals surface area contributed by atoms with Crippen LogP contribution < -0.4 is 0 Å². The van der Waals surface area contributed by atoms with Crippen LogP contribution >= 0.6 is 23.1 Å². The first-order chi connectivity index (χ1) is 24.7. The second kappa shape index (κ2) is 30.7. The minimum Gasteiger partial charge on any atom is -0.293 e. The summed E-state index contributed by atoms with van der Waals surface area (Å²) in [5, 5.41) is 0. The molecule has 0 bridgehead atoms. The summed E-state index contributed by atoms with van der Waals surface area (Å²) in [6.07, 6.45) is 1.20. The van der Waals surface area contributed by atoms with Gasteiger partial charge >= 0.3 is 0 Å².